The first kappa shape index (κ1) is 11.5. The molecule has 0 radical (unpaired) electrons. The van der Waals surface area contributed by atoms with Crippen LogP contribution in [0.1, 0.15) is 26.7 Å². The molecule has 1 aliphatic carbocycles. The highest BCUT2D eigenvalue weighted by atomic mass is 79.9. The molecule has 0 aromatic carbocycles. The highest BCUT2D eigenvalue weighted by molar-refractivity contribution is 9.09. The zero-order valence-corrected chi connectivity index (χ0v) is 9.97. The van der Waals surface area contributed by atoms with Gasteiger partial charge in [-0.05, 0) is 29.6 Å². The van der Waals surface area contributed by atoms with E-state index in [-0.39, 0.29) is 24.0 Å². The number of rotatable bonds is 3. The van der Waals surface area contributed by atoms with Crippen molar-refractivity contribution < 1.29 is 10.2 Å². The predicted molar refractivity (Wildman–Crippen MR) is 56.9 cm³/mol. The number of alkyl halides is 1. The molecule has 0 aliphatic heterocycles. The van der Waals surface area contributed by atoms with E-state index in [1.54, 1.807) is 0 Å². The summed E-state index contributed by atoms with van der Waals surface area (Å²) in [6, 6.07) is 0. The molecule has 0 spiro atoms. The van der Waals surface area contributed by atoms with Crippen LogP contribution in [-0.4, -0.2) is 28.8 Å². The monoisotopic (exact) mass is 250 g/mol. The third kappa shape index (κ3) is 1.55. The van der Waals surface area contributed by atoms with E-state index in [4.69, 9.17) is 0 Å². The van der Waals surface area contributed by atoms with Gasteiger partial charge in [-0.2, -0.15) is 0 Å². The van der Waals surface area contributed by atoms with Gasteiger partial charge in [-0.25, -0.2) is 0 Å². The van der Waals surface area contributed by atoms with Gasteiger partial charge in [-0.1, -0.05) is 29.8 Å². The van der Waals surface area contributed by atoms with Gasteiger partial charge in [0.2, 0.25) is 0 Å². The Morgan fingerprint density at radius 3 is 2.38 bits per heavy atom. The average Bonchev–Trinajstić information content (AvgIpc) is 2.41. The number of hydrogen-bond acceptors (Lipinski definition) is 2. The minimum absolute atomic E-state index is 0.0243. The van der Waals surface area contributed by atoms with Crippen LogP contribution in [0.25, 0.3) is 0 Å². The molecular formula is C10H19BrO2. The fourth-order valence-electron chi connectivity index (χ4n) is 2.41. The maximum absolute atomic E-state index is 9.40. The molecule has 0 aromatic rings. The van der Waals surface area contributed by atoms with Crippen LogP contribution in [0.15, 0.2) is 0 Å². The van der Waals surface area contributed by atoms with Crippen molar-refractivity contribution in [2.45, 2.75) is 26.7 Å². The summed E-state index contributed by atoms with van der Waals surface area (Å²) in [5.41, 5.74) is -0.0135. The van der Waals surface area contributed by atoms with Gasteiger partial charge in [0.15, 0.2) is 0 Å². The standard InChI is InChI=1S/C10H19BrO2/c1-9(7-13)4-3-8(5-12)10(9,2)6-11/h8,12-13H,3-7H2,1-2H3/t8-,9+,10+/m0/s1. The molecule has 2 nitrogen and oxygen atoms in total. The van der Waals surface area contributed by atoms with Gasteiger partial charge in [0.05, 0.1) is 0 Å². The first-order chi connectivity index (χ1) is 6.04. The maximum Gasteiger partial charge on any atom is 0.0490 e. The summed E-state index contributed by atoms with van der Waals surface area (Å²) in [4.78, 5) is 0. The Labute approximate surface area is 88.5 Å². The molecule has 1 aliphatic rings. The van der Waals surface area contributed by atoms with Crippen molar-refractivity contribution in [3.63, 3.8) is 0 Å². The number of aliphatic hydroxyl groups excluding tert-OH is 2. The molecule has 0 unspecified atom stereocenters. The van der Waals surface area contributed by atoms with Crippen LogP contribution >= 0.6 is 15.9 Å². The Morgan fingerprint density at radius 1 is 1.38 bits per heavy atom. The van der Waals surface area contributed by atoms with Gasteiger partial charge in [0, 0.05) is 18.5 Å². The van der Waals surface area contributed by atoms with Crippen LogP contribution in [0.5, 0.6) is 0 Å². The summed E-state index contributed by atoms with van der Waals surface area (Å²) in [5.74, 6) is 0.323. The zero-order chi connectivity index (χ0) is 10.1. The lowest BCUT2D eigenvalue weighted by molar-refractivity contribution is 0.0149. The summed E-state index contributed by atoms with van der Waals surface area (Å²) < 4.78 is 0. The molecule has 0 bridgehead atoms. The first-order valence-corrected chi connectivity index (χ1v) is 5.94. The second-order valence-electron chi connectivity index (χ2n) is 4.69. The molecule has 3 atom stereocenters. The highest BCUT2D eigenvalue weighted by Crippen LogP contribution is 2.56. The molecule has 0 aromatic heterocycles. The highest BCUT2D eigenvalue weighted by Gasteiger charge is 2.52. The molecule has 0 amide bonds. The van der Waals surface area contributed by atoms with Gasteiger partial charge >= 0.3 is 0 Å². The quantitative estimate of drug-likeness (QED) is 0.751. The second-order valence-corrected chi connectivity index (χ2v) is 5.25. The Bertz CT molecular complexity index is 186. The van der Waals surface area contributed by atoms with E-state index in [1.807, 2.05) is 0 Å². The maximum atomic E-state index is 9.40. The second kappa shape index (κ2) is 3.87. The minimum Gasteiger partial charge on any atom is -0.396 e. The van der Waals surface area contributed by atoms with Crippen LogP contribution in [0.4, 0.5) is 0 Å². The van der Waals surface area contributed by atoms with Crippen LogP contribution in [0, 0.1) is 16.7 Å². The van der Waals surface area contributed by atoms with Gasteiger partial charge < -0.3 is 10.2 Å². The van der Waals surface area contributed by atoms with Gasteiger partial charge in [-0.15, -0.1) is 0 Å². The predicted octanol–water partition coefficient (Wildman–Crippen LogP) is 1.79. The fourth-order valence-corrected chi connectivity index (χ4v) is 3.55. The molecule has 2 N–H and O–H groups in total. The van der Waals surface area contributed by atoms with Crippen molar-refractivity contribution in [3.8, 4) is 0 Å². The molecule has 3 heteroatoms. The molecular weight excluding hydrogens is 232 g/mol. The van der Waals surface area contributed by atoms with Gasteiger partial charge in [-0.3, -0.25) is 0 Å². The Kier molecular flexibility index (Phi) is 3.42. The summed E-state index contributed by atoms with van der Waals surface area (Å²) in [5, 5.41) is 19.5. The van der Waals surface area contributed by atoms with Gasteiger partial charge in [0.25, 0.3) is 0 Å². The molecule has 1 fully saturated rings. The molecule has 78 valence electrons. The Hall–Kier alpha value is 0.400. The van der Waals surface area contributed by atoms with E-state index >= 15 is 0 Å². The van der Waals surface area contributed by atoms with Crippen molar-refractivity contribution in [1.29, 1.82) is 0 Å². The Morgan fingerprint density at radius 2 is 2.00 bits per heavy atom. The zero-order valence-electron chi connectivity index (χ0n) is 8.39. The minimum atomic E-state index is -0.0378. The fraction of sp³-hybridized carbons (Fsp3) is 1.00. The lowest BCUT2D eigenvalue weighted by atomic mass is 9.66. The summed E-state index contributed by atoms with van der Waals surface area (Å²) in [6.45, 7) is 4.72. The summed E-state index contributed by atoms with van der Waals surface area (Å²) >= 11 is 3.51. The molecule has 13 heavy (non-hydrogen) atoms. The largest absolute Gasteiger partial charge is 0.396 e. The summed E-state index contributed by atoms with van der Waals surface area (Å²) in [6.07, 6.45) is 2.03. The van der Waals surface area contributed by atoms with Crippen LogP contribution in [-0.2, 0) is 0 Å². The normalized spacial score (nSPS) is 45.5. The van der Waals surface area contributed by atoms with Crippen LogP contribution in [0.2, 0.25) is 0 Å². The topological polar surface area (TPSA) is 40.5 Å². The molecule has 1 rings (SSSR count). The SMILES string of the molecule is C[C@]1(CO)CC[C@@H](CO)[C@@]1(C)CBr. The number of hydrogen-bond donors (Lipinski definition) is 2. The molecule has 0 saturated heterocycles. The number of aliphatic hydroxyl groups is 2. The van der Waals surface area contributed by atoms with Crippen molar-refractivity contribution in [2.75, 3.05) is 18.5 Å². The molecule has 0 heterocycles. The van der Waals surface area contributed by atoms with E-state index in [0.717, 1.165) is 18.2 Å². The number of halogens is 1. The van der Waals surface area contributed by atoms with Crippen molar-refractivity contribution in [2.24, 2.45) is 16.7 Å². The average molecular weight is 251 g/mol. The third-order valence-electron chi connectivity index (χ3n) is 4.17. The van der Waals surface area contributed by atoms with Crippen LogP contribution in [0.3, 0.4) is 0 Å². The molecule has 1 saturated carbocycles. The first-order valence-electron chi connectivity index (χ1n) is 4.82. The van der Waals surface area contributed by atoms with E-state index in [0.29, 0.717) is 5.92 Å². The lowest BCUT2D eigenvalue weighted by Gasteiger charge is -2.42. The van der Waals surface area contributed by atoms with E-state index in [9.17, 15) is 10.2 Å². The van der Waals surface area contributed by atoms with E-state index < -0.39 is 0 Å². The van der Waals surface area contributed by atoms with Crippen molar-refractivity contribution in [3.05, 3.63) is 0 Å². The van der Waals surface area contributed by atoms with E-state index in [1.165, 1.54) is 0 Å². The van der Waals surface area contributed by atoms with E-state index in [2.05, 4.69) is 29.8 Å². The smallest absolute Gasteiger partial charge is 0.0490 e. The third-order valence-corrected chi connectivity index (χ3v) is 5.34. The summed E-state index contributed by atoms with van der Waals surface area (Å²) in [7, 11) is 0. The van der Waals surface area contributed by atoms with Gasteiger partial charge in [0.1, 0.15) is 0 Å². The van der Waals surface area contributed by atoms with Crippen molar-refractivity contribution in [1.82, 2.24) is 0 Å². The Balaban J connectivity index is 2.91. The van der Waals surface area contributed by atoms with Crippen LogP contribution < -0.4 is 0 Å². The lowest BCUT2D eigenvalue weighted by Crippen LogP contribution is -2.42. The van der Waals surface area contributed by atoms with Crippen molar-refractivity contribution >= 4 is 15.9 Å².